The lowest BCUT2D eigenvalue weighted by atomic mass is 10.0. The van der Waals surface area contributed by atoms with Crippen molar-refractivity contribution in [1.29, 1.82) is 0 Å². The van der Waals surface area contributed by atoms with Crippen molar-refractivity contribution >= 4 is 39.1 Å². The van der Waals surface area contributed by atoms with Gasteiger partial charge in [-0.15, -0.1) is 0 Å². The van der Waals surface area contributed by atoms with E-state index in [1.807, 2.05) is 13.1 Å². The summed E-state index contributed by atoms with van der Waals surface area (Å²) >= 11 is 15.8. The first kappa shape index (κ1) is 14.7. The number of furan rings is 1. The first-order chi connectivity index (χ1) is 9.08. The number of rotatable bonds is 4. The van der Waals surface area contributed by atoms with Gasteiger partial charge in [-0.25, -0.2) is 0 Å². The van der Waals surface area contributed by atoms with E-state index in [1.165, 1.54) is 0 Å². The maximum absolute atomic E-state index is 6.30. The predicted molar refractivity (Wildman–Crippen MR) is 80.3 cm³/mol. The van der Waals surface area contributed by atoms with E-state index in [0.29, 0.717) is 20.5 Å². The molecule has 1 atom stereocenters. The van der Waals surface area contributed by atoms with Gasteiger partial charge in [-0.3, -0.25) is 0 Å². The van der Waals surface area contributed by atoms with E-state index in [-0.39, 0.29) is 6.04 Å². The van der Waals surface area contributed by atoms with Crippen LogP contribution in [0.1, 0.15) is 17.2 Å². The molecule has 1 aromatic heterocycles. The second-order valence-electron chi connectivity index (χ2n) is 3.88. The molecule has 1 N–H and O–H groups in total. The van der Waals surface area contributed by atoms with Gasteiger partial charge in [0.25, 0.3) is 0 Å². The van der Waals surface area contributed by atoms with Crippen LogP contribution in [0.25, 0.3) is 0 Å². The van der Waals surface area contributed by atoms with E-state index >= 15 is 0 Å². The summed E-state index contributed by atoms with van der Waals surface area (Å²) in [5.41, 5.74) is 1.81. The highest BCUT2D eigenvalue weighted by Crippen LogP contribution is 2.38. The van der Waals surface area contributed by atoms with Gasteiger partial charge in [0.15, 0.2) is 4.67 Å². The second kappa shape index (κ2) is 6.18. The maximum Gasteiger partial charge on any atom is 0.174 e. The summed E-state index contributed by atoms with van der Waals surface area (Å²) in [5.74, 6) is 0.552. The van der Waals surface area contributed by atoms with Gasteiger partial charge in [-0.05, 0) is 40.7 Å². The zero-order valence-corrected chi connectivity index (χ0v) is 13.4. The minimum Gasteiger partial charge on any atom is -0.495 e. The predicted octanol–water partition coefficient (Wildman–Crippen LogP) is 4.67. The summed E-state index contributed by atoms with van der Waals surface area (Å²) in [5, 5.41) is 4.29. The van der Waals surface area contributed by atoms with E-state index in [9.17, 15) is 0 Å². The molecule has 19 heavy (non-hydrogen) atoms. The summed E-state index contributed by atoms with van der Waals surface area (Å²) < 4.78 is 11.1. The van der Waals surface area contributed by atoms with Crippen molar-refractivity contribution in [2.24, 2.45) is 0 Å². The number of halogens is 3. The summed E-state index contributed by atoms with van der Waals surface area (Å²) in [6.45, 7) is 0. The SMILES string of the molecule is CNC(c1cc(Cl)c(OC)cc1Cl)c1ccoc1Br. The third-order valence-corrected chi connectivity index (χ3v) is 4.10. The molecule has 0 spiro atoms. The van der Waals surface area contributed by atoms with Crippen LogP contribution in [-0.4, -0.2) is 14.2 Å². The number of ether oxygens (including phenoxy) is 1. The Kier molecular flexibility index (Phi) is 4.79. The van der Waals surface area contributed by atoms with Crippen LogP contribution in [0.15, 0.2) is 33.5 Å². The average molecular weight is 365 g/mol. The molecule has 0 aliphatic carbocycles. The summed E-state index contributed by atoms with van der Waals surface area (Å²) in [7, 11) is 3.40. The Morgan fingerprint density at radius 3 is 2.53 bits per heavy atom. The Morgan fingerprint density at radius 2 is 2.00 bits per heavy atom. The van der Waals surface area contributed by atoms with Crippen LogP contribution in [0.5, 0.6) is 5.75 Å². The van der Waals surface area contributed by atoms with Crippen molar-refractivity contribution in [1.82, 2.24) is 5.32 Å². The number of hydrogen-bond donors (Lipinski definition) is 1. The second-order valence-corrected chi connectivity index (χ2v) is 5.41. The van der Waals surface area contributed by atoms with E-state index in [1.54, 1.807) is 25.5 Å². The number of hydrogen-bond acceptors (Lipinski definition) is 3. The van der Waals surface area contributed by atoms with Gasteiger partial charge in [0.05, 0.1) is 24.4 Å². The van der Waals surface area contributed by atoms with Crippen molar-refractivity contribution in [2.45, 2.75) is 6.04 Å². The molecular weight excluding hydrogens is 353 g/mol. The fourth-order valence-corrected chi connectivity index (χ4v) is 2.89. The van der Waals surface area contributed by atoms with Crippen LogP contribution in [0.4, 0.5) is 0 Å². The Labute approximate surface area is 130 Å². The summed E-state index contributed by atoms with van der Waals surface area (Å²) in [6.07, 6.45) is 1.61. The molecule has 0 bridgehead atoms. The molecule has 2 aromatic rings. The molecule has 102 valence electrons. The van der Waals surface area contributed by atoms with Crippen LogP contribution in [0, 0.1) is 0 Å². The molecule has 1 aromatic carbocycles. The van der Waals surface area contributed by atoms with Gasteiger partial charge < -0.3 is 14.5 Å². The Morgan fingerprint density at radius 1 is 1.26 bits per heavy atom. The largest absolute Gasteiger partial charge is 0.495 e. The van der Waals surface area contributed by atoms with E-state index in [0.717, 1.165) is 11.1 Å². The third-order valence-electron chi connectivity index (χ3n) is 2.83. The number of nitrogens with one attached hydrogen (secondary N) is 1. The normalized spacial score (nSPS) is 12.5. The van der Waals surface area contributed by atoms with Gasteiger partial charge >= 0.3 is 0 Å². The first-order valence-electron chi connectivity index (χ1n) is 5.51. The lowest BCUT2D eigenvalue weighted by molar-refractivity contribution is 0.414. The molecule has 0 saturated heterocycles. The minimum atomic E-state index is -0.121. The molecule has 6 heteroatoms. The Balaban J connectivity index is 2.50. The average Bonchev–Trinajstić information content (AvgIpc) is 2.80. The van der Waals surface area contributed by atoms with E-state index in [4.69, 9.17) is 32.4 Å². The Bertz CT molecular complexity index is 586. The molecule has 0 radical (unpaired) electrons. The quantitative estimate of drug-likeness (QED) is 0.856. The van der Waals surface area contributed by atoms with Gasteiger partial charge in [0.2, 0.25) is 0 Å². The molecule has 3 nitrogen and oxygen atoms in total. The van der Waals surface area contributed by atoms with Crippen LogP contribution < -0.4 is 10.1 Å². The van der Waals surface area contributed by atoms with Crippen LogP contribution >= 0.6 is 39.1 Å². The van der Waals surface area contributed by atoms with Crippen LogP contribution in [0.3, 0.4) is 0 Å². The fraction of sp³-hybridized carbons (Fsp3) is 0.231. The van der Waals surface area contributed by atoms with Crippen LogP contribution in [0.2, 0.25) is 10.0 Å². The molecule has 0 aliphatic heterocycles. The fourth-order valence-electron chi connectivity index (χ4n) is 1.91. The van der Waals surface area contributed by atoms with Gasteiger partial charge in [0.1, 0.15) is 5.75 Å². The first-order valence-corrected chi connectivity index (χ1v) is 7.06. The maximum atomic E-state index is 6.30. The van der Waals surface area contributed by atoms with Crippen LogP contribution in [-0.2, 0) is 0 Å². The smallest absolute Gasteiger partial charge is 0.174 e. The molecule has 0 amide bonds. The van der Waals surface area contributed by atoms with Crippen molar-refractivity contribution in [3.8, 4) is 5.75 Å². The molecule has 0 fully saturated rings. The van der Waals surface area contributed by atoms with Crippen molar-refractivity contribution in [3.05, 3.63) is 50.3 Å². The van der Waals surface area contributed by atoms with Crippen molar-refractivity contribution in [3.63, 3.8) is 0 Å². The lowest BCUT2D eigenvalue weighted by Gasteiger charge is -2.18. The molecule has 2 rings (SSSR count). The highest BCUT2D eigenvalue weighted by atomic mass is 79.9. The molecular formula is C13H12BrCl2NO2. The molecule has 0 saturated carbocycles. The van der Waals surface area contributed by atoms with E-state index < -0.39 is 0 Å². The highest BCUT2D eigenvalue weighted by molar-refractivity contribution is 9.10. The number of benzene rings is 1. The lowest BCUT2D eigenvalue weighted by Crippen LogP contribution is -2.18. The highest BCUT2D eigenvalue weighted by Gasteiger charge is 2.21. The zero-order valence-electron chi connectivity index (χ0n) is 10.3. The van der Waals surface area contributed by atoms with Gasteiger partial charge in [0, 0.05) is 16.7 Å². The standard InChI is InChI=1S/C13H12BrCl2NO2/c1-17-12(7-3-4-19-13(7)14)8-5-10(16)11(18-2)6-9(8)15/h3-6,12,17H,1-2H3. The monoisotopic (exact) mass is 363 g/mol. The van der Waals surface area contributed by atoms with Crippen molar-refractivity contribution < 1.29 is 9.15 Å². The zero-order chi connectivity index (χ0) is 14.0. The molecule has 1 heterocycles. The molecule has 1 unspecified atom stereocenters. The van der Waals surface area contributed by atoms with Gasteiger partial charge in [-0.2, -0.15) is 0 Å². The third kappa shape index (κ3) is 2.92. The van der Waals surface area contributed by atoms with Crippen molar-refractivity contribution in [2.75, 3.05) is 14.2 Å². The number of methoxy groups -OCH3 is 1. The summed E-state index contributed by atoms with van der Waals surface area (Å²) in [6, 6.07) is 5.25. The Hall–Kier alpha value is -0.680. The topological polar surface area (TPSA) is 34.4 Å². The summed E-state index contributed by atoms with van der Waals surface area (Å²) in [4.78, 5) is 0. The van der Waals surface area contributed by atoms with E-state index in [2.05, 4.69) is 21.2 Å². The minimum absolute atomic E-state index is 0.121. The van der Waals surface area contributed by atoms with Gasteiger partial charge in [-0.1, -0.05) is 23.2 Å². The molecule has 0 aliphatic rings.